The van der Waals surface area contributed by atoms with Gasteiger partial charge in [-0.05, 0) is 62.4 Å². The van der Waals surface area contributed by atoms with Crippen LogP contribution in [0.3, 0.4) is 0 Å². The molecule has 1 aliphatic heterocycles. The summed E-state index contributed by atoms with van der Waals surface area (Å²) in [5, 5.41) is 10.4. The van der Waals surface area contributed by atoms with Gasteiger partial charge in [0.05, 0.1) is 6.10 Å². The highest BCUT2D eigenvalue weighted by molar-refractivity contribution is 5.31. The molecule has 0 radical (unpaired) electrons. The van der Waals surface area contributed by atoms with Gasteiger partial charge in [0.25, 0.3) is 0 Å². The number of β-amino-alcohol motifs (C(OH)–C–C–N with tert-alkyl or cyclic N) is 1. The molecule has 1 fully saturated rings. The van der Waals surface area contributed by atoms with Crippen LogP contribution in [0.25, 0.3) is 0 Å². The van der Waals surface area contributed by atoms with Gasteiger partial charge in [-0.1, -0.05) is 18.2 Å². The molecule has 1 N–H and O–H groups in total. The van der Waals surface area contributed by atoms with Crippen molar-refractivity contribution < 1.29 is 9.84 Å². The van der Waals surface area contributed by atoms with E-state index in [-0.39, 0.29) is 6.10 Å². The SMILES string of the molecule is COCC1CCN(CC(O)c2ccc(C)c(C)c2)CC1. The van der Waals surface area contributed by atoms with Gasteiger partial charge in [0.15, 0.2) is 0 Å². The third kappa shape index (κ3) is 4.05. The van der Waals surface area contributed by atoms with Crippen LogP contribution in [0.4, 0.5) is 0 Å². The Kier molecular flexibility index (Phi) is 5.58. The van der Waals surface area contributed by atoms with E-state index in [9.17, 15) is 5.11 Å². The molecule has 1 aromatic carbocycles. The molecule has 1 aromatic rings. The summed E-state index contributed by atoms with van der Waals surface area (Å²) in [5.74, 6) is 0.690. The lowest BCUT2D eigenvalue weighted by Gasteiger charge is -2.33. The lowest BCUT2D eigenvalue weighted by Crippen LogP contribution is -2.37. The van der Waals surface area contributed by atoms with Crippen molar-refractivity contribution in [2.45, 2.75) is 32.8 Å². The maximum atomic E-state index is 10.4. The highest BCUT2D eigenvalue weighted by Gasteiger charge is 2.21. The Morgan fingerprint density at radius 2 is 1.95 bits per heavy atom. The summed E-state index contributed by atoms with van der Waals surface area (Å²) in [6.07, 6.45) is 1.97. The monoisotopic (exact) mass is 277 g/mol. The number of ether oxygens (including phenoxy) is 1. The van der Waals surface area contributed by atoms with Crippen molar-refractivity contribution in [2.75, 3.05) is 33.4 Å². The summed E-state index contributed by atoms with van der Waals surface area (Å²) in [6, 6.07) is 6.25. The number of hydrogen-bond donors (Lipinski definition) is 1. The molecule has 3 nitrogen and oxygen atoms in total. The molecular formula is C17H27NO2. The van der Waals surface area contributed by atoms with E-state index in [1.54, 1.807) is 7.11 Å². The Morgan fingerprint density at radius 1 is 1.25 bits per heavy atom. The van der Waals surface area contributed by atoms with E-state index in [0.717, 1.165) is 31.8 Å². The van der Waals surface area contributed by atoms with Crippen molar-refractivity contribution in [3.05, 3.63) is 34.9 Å². The maximum Gasteiger partial charge on any atom is 0.0917 e. The van der Waals surface area contributed by atoms with Crippen LogP contribution in [0, 0.1) is 19.8 Å². The molecule has 0 saturated carbocycles. The number of hydrogen-bond acceptors (Lipinski definition) is 3. The minimum Gasteiger partial charge on any atom is -0.387 e. The smallest absolute Gasteiger partial charge is 0.0917 e. The number of rotatable bonds is 5. The van der Waals surface area contributed by atoms with Gasteiger partial charge < -0.3 is 14.7 Å². The average Bonchev–Trinajstić information content (AvgIpc) is 2.44. The van der Waals surface area contributed by atoms with Crippen molar-refractivity contribution in [3.8, 4) is 0 Å². The van der Waals surface area contributed by atoms with Gasteiger partial charge in [-0.3, -0.25) is 0 Å². The van der Waals surface area contributed by atoms with Crippen molar-refractivity contribution in [1.29, 1.82) is 0 Å². The average molecular weight is 277 g/mol. The number of methoxy groups -OCH3 is 1. The molecule has 1 heterocycles. The third-order valence-electron chi connectivity index (χ3n) is 4.46. The van der Waals surface area contributed by atoms with Crippen LogP contribution < -0.4 is 0 Å². The van der Waals surface area contributed by atoms with Gasteiger partial charge >= 0.3 is 0 Å². The predicted octanol–water partition coefficient (Wildman–Crippen LogP) is 2.70. The van der Waals surface area contributed by atoms with E-state index in [1.165, 1.54) is 24.0 Å². The van der Waals surface area contributed by atoms with Crippen molar-refractivity contribution in [2.24, 2.45) is 5.92 Å². The normalized spacial score (nSPS) is 19.2. The summed E-state index contributed by atoms with van der Waals surface area (Å²) in [6.45, 7) is 7.94. The summed E-state index contributed by atoms with van der Waals surface area (Å²) < 4.78 is 5.22. The maximum absolute atomic E-state index is 10.4. The number of aliphatic hydroxyl groups is 1. The summed E-state index contributed by atoms with van der Waals surface area (Å²) >= 11 is 0. The zero-order valence-corrected chi connectivity index (χ0v) is 12.9. The van der Waals surface area contributed by atoms with Crippen molar-refractivity contribution >= 4 is 0 Å². The lowest BCUT2D eigenvalue weighted by atomic mass is 9.96. The molecule has 1 unspecified atom stereocenters. The second-order valence-electron chi connectivity index (χ2n) is 6.06. The number of likely N-dealkylation sites (tertiary alicyclic amines) is 1. The number of piperidine rings is 1. The Bertz CT molecular complexity index is 425. The minimum atomic E-state index is -0.381. The van der Waals surface area contributed by atoms with Crippen molar-refractivity contribution in [1.82, 2.24) is 4.90 Å². The first-order valence-corrected chi connectivity index (χ1v) is 7.56. The largest absolute Gasteiger partial charge is 0.387 e. The number of aryl methyl sites for hydroxylation is 2. The van der Waals surface area contributed by atoms with E-state index in [1.807, 2.05) is 6.07 Å². The quantitative estimate of drug-likeness (QED) is 0.898. The van der Waals surface area contributed by atoms with E-state index >= 15 is 0 Å². The lowest BCUT2D eigenvalue weighted by molar-refractivity contribution is 0.0656. The molecule has 2 rings (SSSR count). The van der Waals surface area contributed by atoms with Crippen LogP contribution >= 0.6 is 0 Å². The molecular weight excluding hydrogens is 250 g/mol. The second kappa shape index (κ2) is 7.21. The second-order valence-corrected chi connectivity index (χ2v) is 6.06. The van der Waals surface area contributed by atoms with E-state index in [0.29, 0.717) is 5.92 Å². The predicted molar refractivity (Wildman–Crippen MR) is 81.9 cm³/mol. The van der Waals surface area contributed by atoms with Crippen LogP contribution in [0.15, 0.2) is 18.2 Å². The van der Waals surface area contributed by atoms with Gasteiger partial charge in [0.1, 0.15) is 0 Å². The zero-order valence-electron chi connectivity index (χ0n) is 12.9. The number of benzene rings is 1. The fraction of sp³-hybridized carbons (Fsp3) is 0.647. The Morgan fingerprint density at radius 3 is 2.55 bits per heavy atom. The number of nitrogens with zero attached hydrogens (tertiary/aromatic N) is 1. The first-order chi connectivity index (χ1) is 9.60. The van der Waals surface area contributed by atoms with Gasteiger partial charge in [-0.25, -0.2) is 0 Å². The van der Waals surface area contributed by atoms with Crippen LogP contribution in [0.2, 0.25) is 0 Å². The van der Waals surface area contributed by atoms with Gasteiger partial charge in [0.2, 0.25) is 0 Å². The summed E-state index contributed by atoms with van der Waals surface area (Å²) in [7, 11) is 1.77. The number of aliphatic hydroxyl groups excluding tert-OH is 1. The van der Waals surface area contributed by atoms with E-state index in [4.69, 9.17) is 4.74 Å². The molecule has 0 amide bonds. The molecule has 0 spiro atoms. The van der Waals surface area contributed by atoms with E-state index in [2.05, 4.69) is 30.9 Å². The van der Waals surface area contributed by atoms with Crippen LogP contribution in [-0.2, 0) is 4.74 Å². The first kappa shape index (κ1) is 15.5. The highest BCUT2D eigenvalue weighted by atomic mass is 16.5. The molecule has 1 aliphatic rings. The van der Waals surface area contributed by atoms with Gasteiger partial charge in [0, 0.05) is 20.3 Å². The molecule has 0 aromatic heterocycles. The fourth-order valence-corrected chi connectivity index (χ4v) is 2.89. The zero-order chi connectivity index (χ0) is 14.5. The minimum absolute atomic E-state index is 0.381. The molecule has 112 valence electrons. The first-order valence-electron chi connectivity index (χ1n) is 7.56. The Labute approximate surface area is 122 Å². The van der Waals surface area contributed by atoms with Gasteiger partial charge in [-0.15, -0.1) is 0 Å². The topological polar surface area (TPSA) is 32.7 Å². The summed E-state index contributed by atoms with van der Waals surface area (Å²) in [5.41, 5.74) is 3.56. The fourth-order valence-electron chi connectivity index (χ4n) is 2.89. The summed E-state index contributed by atoms with van der Waals surface area (Å²) in [4.78, 5) is 2.37. The Balaban J connectivity index is 1.85. The molecule has 0 bridgehead atoms. The van der Waals surface area contributed by atoms with Crippen LogP contribution in [0.5, 0.6) is 0 Å². The van der Waals surface area contributed by atoms with Gasteiger partial charge in [-0.2, -0.15) is 0 Å². The van der Waals surface area contributed by atoms with Crippen molar-refractivity contribution in [3.63, 3.8) is 0 Å². The third-order valence-corrected chi connectivity index (χ3v) is 4.46. The molecule has 1 atom stereocenters. The molecule has 20 heavy (non-hydrogen) atoms. The van der Waals surface area contributed by atoms with Crippen LogP contribution in [0.1, 0.15) is 35.6 Å². The Hall–Kier alpha value is -0.900. The molecule has 0 aliphatic carbocycles. The van der Waals surface area contributed by atoms with Crippen LogP contribution in [-0.4, -0.2) is 43.4 Å². The molecule has 1 saturated heterocycles. The van der Waals surface area contributed by atoms with E-state index < -0.39 is 0 Å². The molecule has 3 heteroatoms. The standard InChI is InChI=1S/C17H27NO2/c1-13-4-5-16(10-14(13)2)17(19)11-18-8-6-15(7-9-18)12-20-3/h4-5,10,15,17,19H,6-9,11-12H2,1-3H3. The highest BCUT2D eigenvalue weighted by Crippen LogP contribution is 2.22.